The van der Waals surface area contributed by atoms with E-state index < -0.39 is 6.04 Å². The Morgan fingerprint density at radius 2 is 2.07 bits per heavy atom. The fraction of sp³-hybridized carbons (Fsp3) is 0.105. The van der Waals surface area contributed by atoms with E-state index in [4.69, 9.17) is 28.5 Å². The maximum absolute atomic E-state index is 13.0. The number of anilines is 1. The molecule has 1 amide bonds. The van der Waals surface area contributed by atoms with E-state index in [1.54, 1.807) is 35.4 Å². The standard InChI is InChI=1S/C19H12Cl2N4O2/c20-12-3-1-4-14(17(12)21)25-18(27)15-5-2-8-24(15)19(25)23-13-7-6-11(10-22)9-16(13)26/h1-4,6-9,15,26H,5H2/t15-/m1/s1. The molecule has 0 spiro atoms. The maximum atomic E-state index is 13.0. The summed E-state index contributed by atoms with van der Waals surface area (Å²) in [5.74, 6) is -0.0308. The van der Waals surface area contributed by atoms with Gasteiger partial charge < -0.3 is 10.0 Å². The van der Waals surface area contributed by atoms with Crippen molar-refractivity contribution < 1.29 is 9.90 Å². The van der Waals surface area contributed by atoms with Crippen LogP contribution >= 0.6 is 23.2 Å². The Labute approximate surface area is 165 Å². The zero-order chi connectivity index (χ0) is 19.1. The minimum atomic E-state index is -0.417. The SMILES string of the molecule is N#Cc1ccc(N=C2N(c3cccc(Cl)c3Cl)C(=O)[C@H]3CC=CN23)c(O)c1. The molecule has 2 aromatic rings. The van der Waals surface area contributed by atoms with Crippen molar-refractivity contribution in [3.8, 4) is 11.8 Å². The normalized spacial score (nSPS) is 19.7. The molecule has 2 aliphatic rings. The molecule has 1 saturated heterocycles. The van der Waals surface area contributed by atoms with Gasteiger partial charge in [-0.15, -0.1) is 0 Å². The van der Waals surface area contributed by atoms with Gasteiger partial charge in [0.25, 0.3) is 5.91 Å². The molecule has 0 saturated carbocycles. The number of halogens is 2. The van der Waals surface area contributed by atoms with Crippen molar-refractivity contribution in [3.63, 3.8) is 0 Å². The summed E-state index contributed by atoms with van der Waals surface area (Å²) in [6.07, 6.45) is 4.21. The highest BCUT2D eigenvalue weighted by Gasteiger charge is 2.45. The van der Waals surface area contributed by atoms with Gasteiger partial charge in [-0.05, 0) is 36.8 Å². The lowest BCUT2D eigenvalue weighted by molar-refractivity contribution is -0.119. The molecule has 2 aromatic carbocycles. The van der Waals surface area contributed by atoms with Gasteiger partial charge in [-0.3, -0.25) is 4.79 Å². The van der Waals surface area contributed by atoms with Crippen LogP contribution < -0.4 is 4.90 Å². The predicted molar refractivity (Wildman–Crippen MR) is 103 cm³/mol. The average molecular weight is 399 g/mol. The topological polar surface area (TPSA) is 79.9 Å². The van der Waals surface area contributed by atoms with Gasteiger partial charge in [0, 0.05) is 6.20 Å². The third kappa shape index (κ3) is 2.81. The molecule has 2 heterocycles. The number of aromatic hydroxyl groups is 1. The van der Waals surface area contributed by atoms with E-state index in [0.717, 1.165) is 0 Å². The van der Waals surface area contributed by atoms with Gasteiger partial charge >= 0.3 is 0 Å². The zero-order valence-electron chi connectivity index (χ0n) is 13.8. The Bertz CT molecular complexity index is 1060. The first-order valence-corrected chi connectivity index (χ1v) is 8.81. The zero-order valence-corrected chi connectivity index (χ0v) is 15.3. The molecule has 27 heavy (non-hydrogen) atoms. The number of aliphatic imine (C=N–C) groups is 1. The second-order valence-corrected chi connectivity index (χ2v) is 6.80. The number of hydrogen-bond donors (Lipinski definition) is 1. The lowest BCUT2D eigenvalue weighted by atomic mass is 10.2. The van der Waals surface area contributed by atoms with E-state index in [0.29, 0.717) is 28.7 Å². The van der Waals surface area contributed by atoms with Crippen LogP contribution in [0.1, 0.15) is 12.0 Å². The smallest absolute Gasteiger partial charge is 0.257 e. The molecule has 1 atom stereocenters. The Hall–Kier alpha value is -3.01. The minimum Gasteiger partial charge on any atom is -0.506 e. The number of nitriles is 1. The number of phenolic OH excluding ortho intramolecular Hbond substituents is 1. The van der Waals surface area contributed by atoms with Crippen LogP contribution in [0.2, 0.25) is 10.0 Å². The van der Waals surface area contributed by atoms with Crippen molar-refractivity contribution in [1.82, 2.24) is 4.90 Å². The van der Waals surface area contributed by atoms with Crippen LogP contribution in [-0.2, 0) is 4.79 Å². The molecule has 0 radical (unpaired) electrons. The van der Waals surface area contributed by atoms with Crippen LogP contribution in [-0.4, -0.2) is 27.9 Å². The molecule has 0 bridgehead atoms. The summed E-state index contributed by atoms with van der Waals surface area (Å²) >= 11 is 12.5. The van der Waals surface area contributed by atoms with Crippen molar-refractivity contribution in [2.75, 3.05) is 4.90 Å². The number of carbonyl (C=O) groups excluding carboxylic acids is 1. The summed E-state index contributed by atoms with van der Waals surface area (Å²) in [6.45, 7) is 0. The van der Waals surface area contributed by atoms with Crippen LogP contribution in [0.5, 0.6) is 5.75 Å². The van der Waals surface area contributed by atoms with E-state index >= 15 is 0 Å². The lowest BCUT2D eigenvalue weighted by Gasteiger charge is -2.20. The Morgan fingerprint density at radius 3 is 2.81 bits per heavy atom. The van der Waals surface area contributed by atoms with Gasteiger partial charge in [-0.1, -0.05) is 35.3 Å². The molecule has 0 aliphatic carbocycles. The highest BCUT2D eigenvalue weighted by Crippen LogP contribution is 2.39. The first kappa shape index (κ1) is 17.4. The Morgan fingerprint density at radius 1 is 1.26 bits per heavy atom. The second kappa shape index (κ2) is 6.62. The number of hydrogen-bond acceptors (Lipinski definition) is 4. The highest BCUT2D eigenvalue weighted by molar-refractivity contribution is 6.45. The van der Waals surface area contributed by atoms with E-state index in [-0.39, 0.29) is 22.4 Å². The van der Waals surface area contributed by atoms with Crippen LogP contribution in [0, 0.1) is 11.3 Å². The molecule has 6 nitrogen and oxygen atoms in total. The summed E-state index contributed by atoms with van der Waals surface area (Å²) < 4.78 is 0. The largest absolute Gasteiger partial charge is 0.506 e. The summed E-state index contributed by atoms with van der Waals surface area (Å²) in [6, 6.07) is 11.0. The number of benzene rings is 2. The summed E-state index contributed by atoms with van der Waals surface area (Å²) in [7, 11) is 0. The van der Waals surface area contributed by atoms with E-state index in [2.05, 4.69) is 4.99 Å². The minimum absolute atomic E-state index is 0.155. The first-order chi connectivity index (χ1) is 13.0. The number of phenols is 1. The molecule has 1 fully saturated rings. The second-order valence-electron chi connectivity index (χ2n) is 6.02. The lowest BCUT2D eigenvalue weighted by Crippen LogP contribution is -2.33. The Balaban J connectivity index is 1.87. The van der Waals surface area contributed by atoms with Crippen LogP contribution in [0.25, 0.3) is 0 Å². The molecule has 8 heteroatoms. The molecule has 1 N–H and O–H groups in total. The molecule has 0 unspecified atom stereocenters. The fourth-order valence-corrected chi connectivity index (χ4v) is 3.48. The molecule has 134 valence electrons. The van der Waals surface area contributed by atoms with Crippen LogP contribution in [0.15, 0.2) is 53.7 Å². The summed E-state index contributed by atoms with van der Waals surface area (Å²) in [4.78, 5) is 20.6. The Kier molecular flexibility index (Phi) is 4.27. The number of guanidine groups is 1. The molecular weight excluding hydrogens is 387 g/mol. The van der Waals surface area contributed by atoms with Crippen molar-refractivity contribution in [3.05, 3.63) is 64.3 Å². The van der Waals surface area contributed by atoms with Gasteiger partial charge in [0.1, 0.15) is 17.5 Å². The summed E-state index contributed by atoms with van der Waals surface area (Å²) in [5, 5.41) is 19.7. The van der Waals surface area contributed by atoms with Crippen molar-refractivity contribution in [1.29, 1.82) is 5.26 Å². The first-order valence-electron chi connectivity index (χ1n) is 8.06. The van der Waals surface area contributed by atoms with Gasteiger partial charge in [0.05, 0.1) is 27.4 Å². The highest BCUT2D eigenvalue weighted by atomic mass is 35.5. The van der Waals surface area contributed by atoms with Crippen LogP contribution in [0.4, 0.5) is 11.4 Å². The number of amides is 1. The number of carbonyl (C=O) groups is 1. The van der Waals surface area contributed by atoms with Gasteiger partial charge in [-0.25, -0.2) is 9.89 Å². The number of fused-ring (bicyclic) bond motifs is 1. The van der Waals surface area contributed by atoms with Crippen LogP contribution in [0.3, 0.4) is 0 Å². The van der Waals surface area contributed by atoms with Gasteiger partial charge in [-0.2, -0.15) is 5.26 Å². The molecule has 2 aliphatic heterocycles. The summed E-state index contributed by atoms with van der Waals surface area (Å²) in [5.41, 5.74) is 0.970. The van der Waals surface area contributed by atoms with E-state index in [1.165, 1.54) is 17.0 Å². The third-order valence-electron chi connectivity index (χ3n) is 4.39. The van der Waals surface area contributed by atoms with Gasteiger partial charge in [0.2, 0.25) is 5.96 Å². The van der Waals surface area contributed by atoms with E-state index in [9.17, 15) is 9.90 Å². The van der Waals surface area contributed by atoms with Crippen molar-refractivity contribution in [2.24, 2.45) is 4.99 Å². The molecule has 4 rings (SSSR count). The van der Waals surface area contributed by atoms with Gasteiger partial charge in [0.15, 0.2) is 0 Å². The maximum Gasteiger partial charge on any atom is 0.257 e. The van der Waals surface area contributed by atoms with Crippen molar-refractivity contribution >= 4 is 46.4 Å². The fourth-order valence-electron chi connectivity index (χ4n) is 3.10. The van der Waals surface area contributed by atoms with Crippen molar-refractivity contribution in [2.45, 2.75) is 12.5 Å². The van der Waals surface area contributed by atoms with E-state index in [1.807, 2.05) is 12.1 Å². The average Bonchev–Trinajstić information content (AvgIpc) is 3.23. The molecule has 0 aromatic heterocycles. The quantitative estimate of drug-likeness (QED) is 0.821. The number of nitrogens with zero attached hydrogens (tertiary/aromatic N) is 4. The third-order valence-corrected chi connectivity index (χ3v) is 5.20. The predicted octanol–water partition coefficient (Wildman–Crippen LogP) is 4.19. The molecular formula is C19H12Cl2N4O2. The monoisotopic (exact) mass is 398 g/mol. The number of rotatable bonds is 2.